The van der Waals surface area contributed by atoms with Gasteiger partial charge in [-0.25, -0.2) is 4.79 Å². The number of nitrogens with one attached hydrogen (secondary N) is 1. The fourth-order valence-corrected chi connectivity index (χ4v) is 2.92. The summed E-state index contributed by atoms with van der Waals surface area (Å²) in [6.45, 7) is 1.80. The Hall–Kier alpha value is -1.87. The summed E-state index contributed by atoms with van der Waals surface area (Å²) in [5, 5.41) is 13.6. The van der Waals surface area contributed by atoms with E-state index in [0.717, 1.165) is 12.0 Å². The van der Waals surface area contributed by atoms with Crippen LogP contribution in [0.5, 0.6) is 0 Å². The number of carbonyl (C=O) groups is 2. The number of nitriles is 1. The predicted molar refractivity (Wildman–Crippen MR) is 70.9 cm³/mol. The van der Waals surface area contributed by atoms with Gasteiger partial charge in [-0.2, -0.15) is 5.26 Å². The summed E-state index contributed by atoms with van der Waals surface area (Å²) < 4.78 is 4.68. The van der Waals surface area contributed by atoms with E-state index in [4.69, 9.17) is 5.26 Å². The zero-order valence-corrected chi connectivity index (χ0v) is 11.6. The van der Waals surface area contributed by atoms with Crippen molar-refractivity contribution in [2.24, 2.45) is 5.41 Å². The first-order chi connectivity index (χ1) is 9.04. The topological polar surface area (TPSA) is 79.2 Å². The standard InChI is InChI=1S/C13H14N2O3S/c1-8-6-19-10(11(16)18-2)9(8)15-12(17)13(7-14)4-3-5-13/h6H,3-5H2,1-2H3,(H,15,17). The third-order valence-corrected chi connectivity index (χ3v) is 4.52. The van der Waals surface area contributed by atoms with Gasteiger partial charge in [0.05, 0.1) is 18.9 Å². The normalized spacial score (nSPS) is 16.1. The Morgan fingerprint density at radius 3 is 2.68 bits per heavy atom. The number of ether oxygens (including phenoxy) is 1. The van der Waals surface area contributed by atoms with Crippen molar-refractivity contribution in [2.75, 3.05) is 12.4 Å². The van der Waals surface area contributed by atoms with E-state index in [9.17, 15) is 9.59 Å². The fourth-order valence-electron chi connectivity index (χ4n) is 2.00. The molecule has 1 saturated carbocycles. The first-order valence-corrected chi connectivity index (χ1v) is 6.81. The molecule has 0 aliphatic heterocycles. The number of hydrogen-bond donors (Lipinski definition) is 1. The molecule has 0 saturated heterocycles. The van der Waals surface area contributed by atoms with Gasteiger partial charge in [-0.3, -0.25) is 4.79 Å². The van der Waals surface area contributed by atoms with E-state index in [1.165, 1.54) is 18.4 Å². The highest BCUT2D eigenvalue weighted by Crippen LogP contribution is 2.42. The third kappa shape index (κ3) is 2.22. The van der Waals surface area contributed by atoms with E-state index in [-0.39, 0.29) is 5.91 Å². The minimum Gasteiger partial charge on any atom is -0.465 e. The average Bonchev–Trinajstić information content (AvgIpc) is 2.70. The van der Waals surface area contributed by atoms with E-state index in [0.29, 0.717) is 23.4 Å². The average molecular weight is 278 g/mol. The van der Waals surface area contributed by atoms with Gasteiger partial charge in [0.1, 0.15) is 10.3 Å². The fraction of sp³-hybridized carbons (Fsp3) is 0.462. The van der Waals surface area contributed by atoms with Crippen LogP contribution in [0.4, 0.5) is 5.69 Å². The summed E-state index contributed by atoms with van der Waals surface area (Å²) in [7, 11) is 1.30. The molecule has 0 unspecified atom stereocenters. The molecule has 0 aromatic carbocycles. The van der Waals surface area contributed by atoms with E-state index in [2.05, 4.69) is 16.1 Å². The van der Waals surface area contributed by atoms with Crippen LogP contribution in [0.25, 0.3) is 0 Å². The molecule has 2 rings (SSSR count). The summed E-state index contributed by atoms with van der Waals surface area (Å²) >= 11 is 1.22. The van der Waals surface area contributed by atoms with Gasteiger partial charge >= 0.3 is 5.97 Å². The van der Waals surface area contributed by atoms with Crippen molar-refractivity contribution in [3.8, 4) is 6.07 Å². The van der Waals surface area contributed by atoms with Crippen molar-refractivity contribution in [3.05, 3.63) is 15.8 Å². The summed E-state index contributed by atoms with van der Waals surface area (Å²) in [5.41, 5.74) is 0.330. The number of nitrogens with zero attached hydrogens (tertiary/aromatic N) is 1. The number of methoxy groups -OCH3 is 1. The molecule has 5 nitrogen and oxygen atoms in total. The summed E-state index contributed by atoms with van der Waals surface area (Å²) in [6.07, 6.45) is 2.03. The molecule has 1 heterocycles. The molecule has 1 amide bonds. The third-order valence-electron chi connectivity index (χ3n) is 3.44. The lowest BCUT2D eigenvalue weighted by atomic mass is 9.69. The predicted octanol–water partition coefficient (Wildman–Crippen LogP) is 2.48. The monoisotopic (exact) mass is 278 g/mol. The van der Waals surface area contributed by atoms with Crippen LogP contribution < -0.4 is 5.32 Å². The van der Waals surface area contributed by atoms with Crippen LogP contribution in [0, 0.1) is 23.7 Å². The van der Waals surface area contributed by atoms with E-state index in [1.807, 2.05) is 0 Å². The minimum absolute atomic E-state index is 0.326. The van der Waals surface area contributed by atoms with Crippen molar-refractivity contribution < 1.29 is 14.3 Å². The molecule has 1 aliphatic carbocycles. The van der Waals surface area contributed by atoms with Gasteiger partial charge in [-0.15, -0.1) is 11.3 Å². The maximum Gasteiger partial charge on any atom is 0.350 e. The Balaban J connectivity index is 2.24. The van der Waals surface area contributed by atoms with Gasteiger partial charge in [-0.05, 0) is 37.1 Å². The van der Waals surface area contributed by atoms with Crippen LogP contribution in [0.1, 0.15) is 34.5 Å². The Labute approximate surface area is 115 Å². The summed E-state index contributed by atoms with van der Waals surface area (Å²) in [5.74, 6) is -0.805. The molecule has 1 aliphatic rings. The molecule has 6 heteroatoms. The van der Waals surface area contributed by atoms with Crippen LogP contribution in [0.3, 0.4) is 0 Å². The quantitative estimate of drug-likeness (QED) is 0.861. The van der Waals surface area contributed by atoms with Crippen molar-refractivity contribution in [1.29, 1.82) is 5.26 Å². The number of carbonyl (C=O) groups excluding carboxylic acids is 2. The Bertz CT molecular complexity index is 567. The van der Waals surface area contributed by atoms with Gasteiger partial charge in [-0.1, -0.05) is 0 Å². The maximum absolute atomic E-state index is 12.2. The van der Waals surface area contributed by atoms with Crippen LogP contribution >= 0.6 is 11.3 Å². The molecule has 0 bridgehead atoms. The highest BCUT2D eigenvalue weighted by atomic mass is 32.1. The van der Waals surface area contributed by atoms with Gasteiger partial charge in [0.15, 0.2) is 0 Å². The molecule has 100 valence electrons. The number of esters is 1. The molecule has 1 N–H and O–H groups in total. The van der Waals surface area contributed by atoms with Crippen molar-refractivity contribution >= 4 is 28.9 Å². The molecular weight excluding hydrogens is 264 g/mol. The minimum atomic E-state index is -0.929. The van der Waals surface area contributed by atoms with Crippen molar-refractivity contribution in [3.63, 3.8) is 0 Å². The summed E-state index contributed by atoms with van der Waals surface area (Å²) in [4.78, 5) is 24.1. The lowest BCUT2D eigenvalue weighted by Crippen LogP contribution is -2.40. The first-order valence-electron chi connectivity index (χ1n) is 5.93. The van der Waals surface area contributed by atoms with Gasteiger partial charge in [0, 0.05) is 0 Å². The number of rotatable bonds is 3. The lowest BCUT2D eigenvalue weighted by molar-refractivity contribution is -0.126. The second-order valence-corrected chi connectivity index (χ2v) is 5.50. The lowest BCUT2D eigenvalue weighted by Gasteiger charge is -2.33. The smallest absolute Gasteiger partial charge is 0.350 e. The molecule has 1 aromatic rings. The van der Waals surface area contributed by atoms with Crippen molar-refractivity contribution in [1.82, 2.24) is 0 Å². The largest absolute Gasteiger partial charge is 0.465 e. The molecule has 0 atom stereocenters. The molecule has 0 radical (unpaired) electrons. The Morgan fingerprint density at radius 1 is 1.53 bits per heavy atom. The van der Waals surface area contributed by atoms with Gasteiger partial charge in [0.2, 0.25) is 5.91 Å². The second-order valence-electron chi connectivity index (χ2n) is 4.62. The Kier molecular flexibility index (Phi) is 3.58. The second kappa shape index (κ2) is 5.02. The SMILES string of the molecule is COC(=O)c1scc(C)c1NC(=O)C1(C#N)CCC1. The van der Waals surface area contributed by atoms with Crippen LogP contribution in [0.15, 0.2) is 5.38 Å². The highest BCUT2D eigenvalue weighted by Gasteiger charge is 2.45. The zero-order valence-electron chi connectivity index (χ0n) is 10.8. The number of amides is 1. The maximum atomic E-state index is 12.2. The number of thiophene rings is 1. The highest BCUT2D eigenvalue weighted by molar-refractivity contribution is 7.12. The van der Waals surface area contributed by atoms with Crippen LogP contribution in [-0.4, -0.2) is 19.0 Å². The van der Waals surface area contributed by atoms with Crippen LogP contribution in [-0.2, 0) is 9.53 Å². The van der Waals surface area contributed by atoms with Crippen molar-refractivity contribution in [2.45, 2.75) is 26.2 Å². The van der Waals surface area contributed by atoms with Gasteiger partial charge in [0.25, 0.3) is 0 Å². The Morgan fingerprint density at radius 2 is 2.21 bits per heavy atom. The number of aryl methyl sites for hydroxylation is 1. The molecule has 1 fully saturated rings. The molecule has 0 spiro atoms. The molecular formula is C13H14N2O3S. The van der Waals surface area contributed by atoms with E-state index >= 15 is 0 Å². The number of anilines is 1. The summed E-state index contributed by atoms with van der Waals surface area (Å²) in [6, 6.07) is 2.08. The van der Waals surface area contributed by atoms with E-state index in [1.54, 1.807) is 12.3 Å². The number of hydrogen-bond acceptors (Lipinski definition) is 5. The molecule has 19 heavy (non-hydrogen) atoms. The van der Waals surface area contributed by atoms with E-state index < -0.39 is 11.4 Å². The van der Waals surface area contributed by atoms with Crippen LogP contribution in [0.2, 0.25) is 0 Å². The zero-order chi connectivity index (χ0) is 14.0. The molecule has 1 aromatic heterocycles. The first kappa shape index (κ1) is 13.6. The van der Waals surface area contributed by atoms with Gasteiger partial charge < -0.3 is 10.1 Å².